The lowest BCUT2D eigenvalue weighted by molar-refractivity contribution is 0.882. The Hall–Kier alpha value is -3.54. The molecule has 0 aromatic carbocycles. The molecule has 6 aromatic heterocycles. The molecule has 0 fully saturated rings. The van der Waals surface area contributed by atoms with E-state index in [1.165, 1.54) is 11.0 Å². The summed E-state index contributed by atoms with van der Waals surface area (Å²) in [7, 11) is 2.05. The van der Waals surface area contributed by atoms with Crippen LogP contribution in [0.4, 0.5) is 0 Å². The first-order valence-corrected chi connectivity index (χ1v) is 8.92. The molecule has 142 valence electrons. The Balaban J connectivity index is 0.000000133. The fraction of sp³-hybridized carbons (Fsp3) is 0.182. The Kier molecular flexibility index (Phi) is 4.19. The predicted octanol–water partition coefficient (Wildman–Crippen LogP) is 4.89. The number of aryl methyl sites for hydroxylation is 3. The van der Waals surface area contributed by atoms with E-state index >= 15 is 0 Å². The van der Waals surface area contributed by atoms with Gasteiger partial charge in [0.2, 0.25) is 0 Å². The van der Waals surface area contributed by atoms with Gasteiger partial charge in [0.1, 0.15) is 22.7 Å². The summed E-state index contributed by atoms with van der Waals surface area (Å²) in [5, 5.41) is 0. The quantitative estimate of drug-likeness (QED) is 0.412. The van der Waals surface area contributed by atoms with Gasteiger partial charge in [0.25, 0.3) is 0 Å². The zero-order valence-corrected chi connectivity index (χ0v) is 15.5. The lowest BCUT2D eigenvalue weighted by Gasteiger charge is -1.94. The van der Waals surface area contributed by atoms with E-state index in [9.17, 15) is 0 Å². The van der Waals surface area contributed by atoms with Crippen molar-refractivity contribution in [1.82, 2.24) is 28.3 Å². The average molecular weight is 372 g/mol. The molecule has 1 N–H and O–H groups in total. The maximum absolute atomic E-state index is 4.54. The summed E-state index contributed by atoms with van der Waals surface area (Å²) < 4.78 is 6.30. The topological polar surface area (TPSA) is 55.3 Å². The van der Waals surface area contributed by atoms with E-state index in [2.05, 4.69) is 52.8 Å². The smallest absolute Gasteiger partial charge is 0.114 e. The summed E-state index contributed by atoms with van der Waals surface area (Å²) in [5.74, 6) is 2.03. The van der Waals surface area contributed by atoms with Gasteiger partial charge in [-0.2, -0.15) is 0 Å². The van der Waals surface area contributed by atoms with Crippen molar-refractivity contribution >= 4 is 33.1 Å². The Morgan fingerprint density at radius 2 is 1.43 bits per heavy atom. The minimum atomic E-state index is 0. The van der Waals surface area contributed by atoms with E-state index in [0.717, 1.165) is 33.7 Å². The van der Waals surface area contributed by atoms with Gasteiger partial charge >= 0.3 is 0 Å². The molecular weight excluding hydrogens is 348 g/mol. The number of aromatic amines is 1. The number of hydrogen-bond acceptors (Lipinski definition) is 2. The highest BCUT2D eigenvalue weighted by molar-refractivity contribution is 5.92. The van der Waals surface area contributed by atoms with Crippen molar-refractivity contribution in [3.05, 3.63) is 72.8 Å². The first kappa shape index (κ1) is 17.9. The highest BCUT2D eigenvalue weighted by Crippen LogP contribution is 2.21. The fourth-order valence-corrected chi connectivity index (χ4v) is 3.57. The van der Waals surface area contributed by atoms with Crippen molar-refractivity contribution in [3.8, 4) is 0 Å². The second-order valence-corrected chi connectivity index (χ2v) is 6.78. The van der Waals surface area contributed by atoms with Crippen LogP contribution in [0.3, 0.4) is 0 Å². The normalized spacial score (nSPS) is 11.1. The van der Waals surface area contributed by atoms with Crippen LogP contribution in [0.15, 0.2) is 61.2 Å². The van der Waals surface area contributed by atoms with E-state index in [4.69, 9.17) is 0 Å². The summed E-state index contributed by atoms with van der Waals surface area (Å²) >= 11 is 0. The first-order chi connectivity index (χ1) is 13.1. The molecule has 6 aromatic rings. The van der Waals surface area contributed by atoms with Gasteiger partial charge in [0.15, 0.2) is 0 Å². The van der Waals surface area contributed by atoms with E-state index in [1.807, 2.05) is 57.6 Å². The summed E-state index contributed by atoms with van der Waals surface area (Å²) in [6.45, 7) is 4.00. The van der Waals surface area contributed by atoms with Gasteiger partial charge in [0.05, 0.1) is 22.1 Å². The molecule has 6 rings (SSSR count). The molecule has 0 unspecified atom stereocenters. The van der Waals surface area contributed by atoms with Gasteiger partial charge in [-0.1, -0.05) is 19.6 Å². The Morgan fingerprint density at radius 3 is 2.14 bits per heavy atom. The second kappa shape index (κ2) is 6.56. The van der Waals surface area contributed by atoms with Gasteiger partial charge in [-0.15, -0.1) is 0 Å². The monoisotopic (exact) mass is 372 g/mol. The van der Waals surface area contributed by atoms with Crippen molar-refractivity contribution in [3.63, 3.8) is 0 Å². The average Bonchev–Trinajstić information content (AvgIpc) is 3.37. The van der Waals surface area contributed by atoms with E-state index in [0.29, 0.717) is 0 Å². The maximum Gasteiger partial charge on any atom is 0.114 e. The van der Waals surface area contributed by atoms with E-state index in [1.54, 1.807) is 0 Å². The fourth-order valence-electron chi connectivity index (χ4n) is 3.57. The molecule has 28 heavy (non-hydrogen) atoms. The zero-order chi connectivity index (χ0) is 18.5. The van der Waals surface area contributed by atoms with Gasteiger partial charge < -0.3 is 18.4 Å². The lowest BCUT2D eigenvalue weighted by atomic mass is 10.4. The third kappa shape index (κ3) is 2.65. The molecule has 0 aliphatic carbocycles. The molecule has 0 aliphatic rings. The van der Waals surface area contributed by atoms with Crippen molar-refractivity contribution in [2.24, 2.45) is 7.05 Å². The van der Waals surface area contributed by atoms with Crippen molar-refractivity contribution in [2.45, 2.75) is 21.3 Å². The van der Waals surface area contributed by atoms with Crippen LogP contribution in [0.25, 0.3) is 33.1 Å². The van der Waals surface area contributed by atoms with Crippen molar-refractivity contribution < 1.29 is 0 Å². The van der Waals surface area contributed by atoms with Crippen molar-refractivity contribution in [1.29, 1.82) is 0 Å². The molecule has 0 atom stereocenters. The minimum Gasteiger partial charge on any atom is -0.341 e. The molecule has 0 spiro atoms. The standard InChI is InChI=1S/C11H11N3.C10H9N3.CH4/c1-8-12-11-9-5-3-4-6-14(9)7-10(11)13(8)2;1-7-11-8-6-13-5-3-2-4-9(13)10(8)12-7;/h3-7H,1-2H3;2-6H,1H3,(H,11,12);1H4. The Bertz CT molecular complexity index is 1410. The van der Waals surface area contributed by atoms with Crippen LogP contribution < -0.4 is 0 Å². The highest BCUT2D eigenvalue weighted by atomic mass is 15.1. The first-order valence-electron chi connectivity index (χ1n) is 8.92. The lowest BCUT2D eigenvalue weighted by Crippen LogP contribution is -1.90. The predicted molar refractivity (Wildman–Crippen MR) is 115 cm³/mol. The molecule has 0 radical (unpaired) electrons. The zero-order valence-electron chi connectivity index (χ0n) is 15.5. The molecular formula is C22H24N6. The van der Waals surface area contributed by atoms with E-state index in [-0.39, 0.29) is 7.43 Å². The molecule has 6 heterocycles. The van der Waals surface area contributed by atoms with Gasteiger partial charge in [-0.3, -0.25) is 0 Å². The third-order valence-electron chi connectivity index (χ3n) is 5.01. The number of H-pyrrole nitrogens is 1. The molecule has 6 heteroatoms. The third-order valence-corrected chi connectivity index (χ3v) is 5.01. The Labute approximate surface area is 163 Å². The van der Waals surface area contributed by atoms with Gasteiger partial charge in [-0.05, 0) is 38.1 Å². The van der Waals surface area contributed by atoms with Crippen LogP contribution >= 0.6 is 0 Å². The minimum absolute atomic E-state index is 0. The number of rotatable bonds is 0. The number of hydrogen-bond donors (Lipinski definition) is 1. The number of fused-ring (bicyclic) bond motifs is 6. The number of aromatic nitrogens is 6. The van der Waals surface area contributed by atoms with E-state index < -0.39 is 0 Å². The number of imidazole rings is 2. The van der Waals surface area contributed by atoms with Crippen LogP contribution in [0.2, 0.25) is 0 Å². The summed E-state index contributed by atoms with van der Waals surface area (Å²) in [6.07, 6.45) is 8.25. The van der Waals surface area contributed by atoms with Crippen LogP contribution in [0.5, 0.6) is 0 Å². The van der Waals surface area contributed by atoms with Crippen molar-refractivity contribution in [2.75, 3.05) is 0 Å². The molecule has 0 amide bonds. The van der Waals surface area contributed by atoms with Crippen LogP contribution in [0.1, 0.15) is 19.1 Å². The number of nitrogens with one attached hydrogen (secondary N) is 1. The second-order valence-electron chi connectivity index (χ2n) is 6.78. The largest absolute Gasteiger partial charge is 0.341 e. The number of nitrogens with zero attached hydrogens (tertiary/aromatic N) is 5. The molecule has 0 aliphatic heterocycles. The highest BCUT2D eigenvalue weighted by Gasteiger charge is 2.09. The molecule has 0 bridgehead atoms. The summed E-state index contributed by atoms with van der Waals surface area (Å²) in [6, 6.07) is 12.3. The van der Waals surface area contributed by atoms with Crippen LogP contribution in [-0.4, -0.2) is 28.3 Å². The summed E-state index contributed by atoms with van der Waals surface area (Å²) in [5.41, 5.74) is 6.76. The molecule has 0 saturated heterocycles. The van der Waals surface area contributed by atoms with Crippen LogP contribution in [0, 0.1) is 13.8 Å². The number of pyridine rings is 2. The Morgan fingerprint density at radius 1 is 0.786 bits per heavy atom. The van der Waals surface area contributed by atoms with Crippen LogP contribution in [-0.2, 0) is 7.05 Å². The summed E-state index contributed by atoms with van der Waals surface area (Å²) in [4.78, 5) is 12.2. The SMILES string of the molecule is C.Cc1nc2c(cn3ccccc23)[nH]1.Cc1nc2c(cn3ccccc23)n1C. The molecule has 6 nitrogen and oxygen atoms in total. The van der Waals surface area contributed by atoms with Gasteiger partial charge in [0, 0.05) is 31.8 Å². The molecule has 0 saturated carbocycles. The van der Waals surface area contributed by atoms with Gasteiger partial charge in [-0.25, -0.2) is 9.97 Å². The maximum atomic E-state index is 4.54.